The van der Waals surface area contributed by atoms with Crippen molar-refractivity contribution < 1.29 is 9.47 Å². The highest BCUT2D eigenvalue weighted by Gasteiger charge is 2.40. The molecule has 132 valence electrons. The number of nitrogens with zero attached hydrogens (tertiary/aromatic N) is 3. The Morgan fingerprint density at radius 2 is 1.88 bits per heavy atom. The number of aromatic nitrogens is 2. The Morgan fingerprint density at radius 1 is 1.12 bits per heavy atom. The molecule has 6 nitrogen and oxygen atoms in total. The molecule has 0 radical (unpaired) electrons. The second kappa shape index (κ2) is 6.98. The van der Waals surface area contributed by atoms with Gasteiger partial charge in [0.15, 0.2) is 5.79 Å². The van der Waals surface area contributed by atoms with Crippen LogP contribution in [0.1, 0.15) is 24.0 Å². The minimum absolute atomic E-state index is 0.352. The normalized spacial score (nSPS) is 19.3. The molecule has 2 aliphatic rings. The van der Waals surface area contributed by atoms with Crippen LogP contribution in [0.5, 0.6) is 0 Å². The summed E-state index contributed by atoms with van der Waals surface area (Å²) in [7, 11) is 0. The van der Waals surface area contributed by atoms with E-state index in [-0.39, 0.29) is 5.79 Å². The second-order valence-electron chi connectivity index (χ2n) is 6.64. The molecule has 4 rings (SSSR count). The van der Waals surface area contributed by atoms with Gasteiger partial charge in [-0.05, 0) is 18.1 Å². The van der Waals surface area contributed by atoms with Crippen LogP contribution in [0, 0.1) is 6.92 Å². The van der Waals surface area contributed by atoms with E-state index in [2.05, 4.69) is 51.4 Å². The molecule has 6 heteroatoms. The van der Waals surface area contributed by atoms with Crippen LogP contribution in [0.3, 0.4) is 0 Å². The lowest BCUT2D eigenvalue weighted by atomic mass is 10.0. The Labute approximate surface area is 148 Å². The number of ether oxygens (including phenoxy) is 2. The minimum atomic E-state index is -0.352. The molecule has 0 bridgehead atoms. The molecule has 0 unspecified atom stereocenters. The molecule has 2 aromatic rings. The molecule has 1 spiro atoms. The first-order chi connectivity index (χ1) is 12.2. The molecule has 0 atom stereocenters. The van der Waals surface area contributed by atoms with E-state index in [0.29, 0.717) is 13.2 Å². The maximum absolute atomic E-state index is 5.79. The largest absolute Gasteiger partial charge is 0.366 e. The molecule has 1 N–H and O–H groups in total. The summed E-state index contributed by atoms with van der Waals surface area (Å²) >= 11 is 0. The number of hydrogen-bond donors (Lipinski definition) is 1. The van der Waals surface area contributed by atoms with Gasteiger partial charge in [-0.15, -0.1) is 0 Å². The first-order valence-electron chi connectivity index (χ1n) is 8.87. The van der Waals surface area contributed by atoms with Crippen LogP contribution in [-0.4, -0.2) is 42.1 Å². The van der Waals surface area contributed by atoms with Crippen LogP contribution in [0.2, 0.25) is 0 Å². The van der Waals surface area contributed by atoms with Crippen molar-refractivity contribution in [1.29, 1.82) is 0 Å². The SMILES string of the molecule is Cc1ccccc1CNc1cc(N2CCC3(CC2)OCCO3)ncn1. The first kappa shape index (κ1) is 16.3. The highest BCUT2D eigenvalue weighted by atomic mass is 16.7. The fraction of sp³-hybridized carbons (Fsp3) is 0.474. The summed E-state index contributed by atoms with van der Waals surface area (Å²) in [6.45, 7) is 6.07. The fourth-order valence-electron chi connectivity index (χ4n) is 3.47. The monoisotopic (exact) mass is 340 g/mol. The van der Waals surface area contributed by atoms with Crippen molar-refractivity contribution in [3.63, 3.8) is 0 Å². The molecule has 2 saturated heterocycles. The zero-order valence-electron chi connectivity index (χ0n) is 14.6. The lowest BCUT2D eigenvalue weighted by Crippen LogP contribution is -2.45. The second-order valence-corrected chi connectivity index (χ2v) is 6.64. The summed E-state index contributed by atoms with van der Waals surface area (Å²) in [6, 6.07) is 10.4. The third-order valence-corrected chi connectivity index (χ3v) is 5.04. The van der Waals surface area contributed by atoms with E-state index >= 15 is 0 Å². The van der Waals surface area contributed by atoms with Crippen LogP contribution in [-0.2, 0) is 16.0 Å². The van der Waals surface area contributed by atoms with E-state index in [1.165, 1.54) is 11.1 Å². The highest BCUT2D eigenvalue weighted by Crippen LogP contribution is 2.32. The minimum Gasteiger partial charge on any atom is -0.366 e. The lowest BCUT2D eigenvalue weighted by Gasteiger charge is -2.38. The predicted octanol–water partition coefficient (Wildman–Crippen LogP) is 2.74. The molecule has 0 saturated carbocycles. The van der Waals surface area contributed by atoms with Crippen molar-refractivity contribution >= 4 is 11.6 Å². The third kappa shape index (κ3) is 3.60. The third-order valence-electron chi connectivity index (χ3n) is 5.04. The number of hydrogen-bond acceptors (Lipinski definition) is 6. The van der Waals surface area contributed by atoms with Crippen LogP contribution >= 0.6 is 0 Å². The van der Waals surface area contributed by atoms with Gasteiger partial charge in [0, 0.05) is 38.5 Å². The number of benzene rings is 1. The summed E-state index contributed by atoms with van der Waals surface area (Å²) in [5.41, 5.74) is 2.56. The number of anilines is 2. The molecule has 0 amide bonds. The zero-order valence-corrected chi connectivity index (χ0v) is 14.6. The Morgan fingerprint density at radius 3 is 2.64 bits per heavy atom. The van der Waals surface area contributed by atoms with Gasteiger partial charge in [-0.2, -0.15) is 0 Å². The predicted molar refractivity (Wildman–Crippen MR) is 96.6 cm³/mol. The molecule has 2 fully saturated rings. The Bertz CT molecular complexity index is 721. The summed E-state index contributed by atoms with van der Waals surface area (Å²) in [6.07, 6.45) is 3.38. The Balaban J connectivity index is 1.39. The van der Waals surface area contributed by atoms with E-state index in [9.17, 15) is 0 Å². The Kier molecular flexibility index (Phi) is 4.55. The van der Waals surface area contributed by atoms with Crippen molar-refractivity contribution in [2.75, 3.05) is 36.5 Å². The van der Waals surface area contributed by atoms with Gasteiger partial charge in [0.1, 0.15) is 18.0 Å². The maximum Gasteiger partial charge on any atom is 0.171 e. The van der Waals surface area contributed by atoms with Crippen molar-refractivity contribution in [1.82, 2.24) is 9.97 Å². The van der Waals surface area contributed by atoms with Crippen LogP contribution in [0.4, 0.5) is 11.6 Å². The number of piperidine rings is 1. The standard InChI is InChI=1S/C19H24N4O2/c1-15-4-2-3-5-16(15)13-20-17-12-18(22-14-21-17)23-8-6-19(7-9-23)24-10-11-25-19/h2-5,12,14H,6-11,13H2,1H3,(H,20,21,22). The summed E-state index contributed by atoms with van der Waals surface area (Å²) in [5, 5.41) is 3.40. The molecular formula is C19H24N4O2. The fourth-order valence-corrected chi connectivity index (χ4v) is 3.47. The number of aryl methyl sites for hydroxylation is 1. The summed E-state index contributed by atoms with van der Waals surface area (Å²) < 4.78 is 11.6. The quantitative estimate of drug-likeness (QED) is 0.923. The molecular weight excluding hydrogens is 316 g/mol. The van der Waals surface area contributed by atoms with Gasteiger partial charge in [0.25, 0.3) is 0 Å². The van der Waals surface area contributed by atoms with Gasteiger partial charge in [-0.3, -0.25) is 0 Å². The summed E-state index contributed by atoms with van der Waals surface area (Å²) in [5.74, 6) is 1.45. The van der Waals surface area contributed by atoms with Gasteiger partial charge in [-0.1, -0.05) is 24.3 Å². The number of rotatable bonds is 4. The van der Waals surface area contributed by atoms with E-state index in [1.807, 2.05) is 6.07 Å². The molecule has 25 heavy (non-hydrogen) atoms. The molecule has 1 aromatic heterocycles. The smallest absolute Gasteiger partial charge is 0.171 e. The van der Waals surface area contributed by atoms with E-state index in [4.69, 9.17) is 9.47 Å². The first-order valence-corrected chi connectivity index (χ1v) is 8.87. The zero-order chi connectivity index (χ0) is 17.1. The maximum atomic E-state index is 5.79. The molecule has 0 aliphatic carbocycles. The lowest BCUT2D eigenvalue weighted by molar-refractivity contribution is -0.169. The van der Waals surface area contributed by atoms with Crippen LogP contribution in [0.15, 0.2) is 36.7 Å². The molecule has 3 heterocycles. The number of nitrogens with one attached hydrogen (secondary N) is 1. The highest BCUT2D eigenvalue weighted by molar-refractivity contribution is 5.49. The van der Waals surface area contributed by atoms with Gasteiger partial charge in [0.05, 0.1) is 13.2 Å². The van der Waals surface area contributed by atoms with Crippen molar-refractivity contribution in [2.45, 2.75) is 32.1 Å². The van der Waals surface area contributed by atoms with Crippen molar-refractivity contribution in [3.05, 3.63) is 47.8 Å². The van der Waals surface area contributed by atoms with Gasteiger partial charge in [0.2, 0.25) is 0 Å². The van der Waals surface area contributed by atoms with E-state index in [0.717, 1.165) is 44.1 Å². The van der Waals surface area contributed by atoms with Gasteiger partial charge < -0.3 is 19.7 Å². The summed E-state index contributed by atoms with van der Waals surface area (Å²) in [4.78, 5) is 11.1. The molecule has 2 aliphatic heterocycles. The van der Waals surface area contributed by atoms with Gasteiger partial charge in [-0.25, -0.2) is 9.97 Å². The van der Waals surface area contributed by atoms with Crippen molar-refractivity contribution in [3.8, 4) is 0 Å². The van der Waals surface area contributed by atoms with E-state index < -0.39 is 0 Å². The van der Waals surface area contributed by atoms with Gasteiger partial charge >= 0.3 is 0 Å². The van der Waals surface area contributed by atoms with Crippen molar-refractivity contribution in [2.24, 2.45) is 0 Å². The van der Waals surface area contributed by atoms with Crippen LogP contribution in [0.25, 0.3) is 0 Å². The average Bonchev–Trinajstić information content (AvgIpc) is 3.10. The topological polar surface area (TPSA) is 59.5 Å². The average molecular weight is 340 g/mol. The van der Waals surface area contributed by atoms with Crippen LogP contribution < -0.4 is 10.2 Å². The van der Waals surface area contributed by atoms with E-state index in [1.54, 1.807) is 6.33 Å². The molecule has 1 aromatic carbocycles. The Hall–Kier alpha value is -2.18.